The van der Waals surface area contributed by atoms with Crippen molar-refractivity contribution in [3.63, 3.8) is 0 Å². The maximum atomic E-state index is 12.9. The van der Waals surface area contributed by atoms with Crippen molar-refractivity contribution >= 4 is 10.2 Å². The minimum absolute atomic E-state index is 0.0458. The molecule has 6 heteroatoms. The van der Waals surface area contributed by atoms with Crippen molar-refractivity contribution in [2.24, 2.45) is 5.92 Å². The Morgan fingerprint density at radius 2 is 2.05 bits per heavy atom. The van der Waals surface area contributed by atoms with Crippen molar-refractivity contribution < 1.29 is 13.5 Å². The molecule has 1 aliphatic rings. The summed E-state index contributed by atoms with van der Waals surface area (Å²) >= 11 is 0. The maximum Gasteiger partial charge on any atom is 0.282 e. The molecule has 1 N–H and O–H groups in total. The van der Waals surface area contributed by atoms with Crippen molar-refractivity contribution in [1.29, 1.82) is 0 Å². The first-order valence-electron chi connectivity index (χ1n) is 7.85. The summed E-state index contributed by atoms with van der Waals surface area (Å²) in [5, 5.41) is 9.33. The third-order valence-electron chi connectivity index (χ3n) is 4.34. The Hall–Kier alpha value is -0.950. The van der Waals surface area contributed by atoms with Gasteiger partial charge in [0.1, 0.15) is 0 Å². The van der Waals surface area contributed by atoms with E-state index in [0.29, 0.717) is 25.4 Å². The maximum absolute atomic E-state index is 12.9. The van der Waals surface area contributed by atoms with Crippen LogP contribution in [0.15, 0.2) is 30.3 Å². The Morgan fingerprint density at radius 3 is 2.64 bits per heavy atom. The number of hydrogen-bond donors (Lipinski definition) is 1. The quantitative estimate of drug-likeness (QED) is 0.870. The van der Waals surface area contributed by atoms with Gasteiger partial charge >= 0.3 is 0 Å². The zero-order valence-electron chi connectivity index (χ0n) is 13.4. The van der Waals surface area contributed by atoms with Crippen molar-refractivity contribution in [3.05, 3.63) is 35.9 Å². The number of benzene rings is 1. The molecular formula is C16H26N2O3S. The first kappa shape index (κ1) is 17.4. The van der Waals surface area contributed by atoms with E-state index in [2.05, 4.69) is 6.92 Å². The predicted octanol–water partition coefficient (Wildman–Crippen LogP) is 2.02. The summed E-state index contributed by atoms with van der Waals surface area (Å²) in [4.78, 5) is 0. The monoisotopic (exact) mass is 326 g/mol. The van der Waals surface area contributed by atoms with E-state index >= 15 is 0 Å². The van der Waals surface area contributed by atoms with Crippen LogP contribution in [-0.2, 0) is 10.2 Å². The highest BCUT2D eigenvalue weighted by molar-refractivity contribution is 7.86. The molecule has 5 nitrogen and oxygen atoms in total. The molecule has 1 aliphatic heterocycles. The fourth-order valence-electron chi connectivity index (χ4n) is 3.05. The Morgan fingerprint density at radius 1 is 1.36 bits per heavy atom. The van der Waals surface area contributed by atoms with Crippen molar-refractivity contribution in [1.82, 2.24) is 8.61 Å². The molecule has 0 saturated carbocycles. The number of aliphatic hydroxyl groups is 1. The van der Waals surface area contributed by atoms with Crippen LogP contribution in [0.2, 0.25) is 0 Å². The van der Waals surface area contributed by atoms with Gasteiger partial charge in [-0.3, -0.25) is 0 Å². The molecule has 0 amide bonds. The standard InChI is InChI=1S/C16H26N2O3S/c1-14-7-6-11-18(13-14)22(20,21)17(2)16(10-12-19)15-8-4-3-5-9-15/h3-5,8-9,14,16,19H,6-7,10-13H2,1-2H3. The van der Waals surface area contributed by atoms with Crippen LogP contribution in [0.5, 0.6) is 0 Å². The summed E-state index contributed by atoms with van der Waals surface area (Å²) in [6, 6.07) is 9.16. The van der Waals surface area contributed by atoms with Gasteiger partial charge in [-0.2, -0.15) is 17.0 Å². The Bertz CT molecular complexity index is 562. The second-order valence-corrected chi connectivity index (χ2v) is 8.06. The van der Waals surface area contributed by atoms with Crippen LogP contribution in [0.1, 0.15) is 37.8 Å². The summed E-state index contributed by atoms with van der Waals surface area (Å²) in [6.07, 6.45) is 2.38. The van der Waals surface area contributed by atoms with Gasteiger partial charge in [-0.15, -0.1) is 0 Å². The molecule has 2 rings (SSSR count). The molecular weight excluding hydrogens is 300 g/mol. The van der Waals surface area contributed by atoms with Gasteiger partial charge in [0.05, 0.1) is 6.04 Å². The molecule has 0 spiro atoms. The minimum Gasteiger partial charge on any atom is -0.396 e. The molecule has 1 fully saturated rings. The second kappa shape index (κ2) is 7.55. The van der Waals surface area contributed by atoms with Crippen LogP contribution < -0.4 is 0 Å². The highest BCUT2D eigenvalue weighted by Gasteiger charge is 2.34. The first-order chi connectivity index (χ1) is 10.5. The van der Waals surface area contributed by atoms with Gasteiger partial charge in [0.15, 0.2) is 0 Å². The number of aliphatic hydroxyl groups excluding tert-OH is 1. The van der Waals surface area contributed by atoms with E-state index in [-0.39, 0.29) is 12.6 Å². The number of piperidine rings is 1. The highest BCUT2D eigenvalue weighted by atomic mass is 32.2. The van der Waals surface area contributed by atoms with Gasteiger partial charge in [-0.05, 0) is 30.7 Å². The summed E-state index contributed by atoms with van der Waals surface area (Å²) in [6.45, 7) is 3.20. The predicted molar refractivity (Wildman–Crippen MR) is 87.5 cm³/mol. The molecule has 2 unspecified atom stereocenters. The molecule has 1 saturated heterocycles. The average Bonchev–Trinajstić information content (AvgIpc) is 2.53. The Kier molecular flexibility index (Phi) is 5.97. The number of hydrogen-bond acceptors (Lipinski definition) is 3. The largest absolute Gasteiger partial charge is 0.396 e. The lowest BCUT2D eigenvalue weighted by atomic mass is 10.0. The summed E-state index contributed by atoms with van der Waals surface area (Å²) < 4.78 is 28.8. The molecule has 1 aromatic carbocycles. The summed E-state index contributed by atoms with van der Waals surface area (Å²) in [5.74, 6) is 0.393. The third-order valence-corrected chi connectivity index (χ3v) is 6.30. The van der Waals surface area contributed by atoms with Crippen LogP contribution in [0.25, 0.3) is 0 Å². The van der Waals surface area contributed by atoms with Crippen LogP contribution in [0, 0.1) is 5.92 Å². The molecule has 1 aromatic rings. The smallest absolute Gasteiger partial charge is 0.282 e. The van der Waals surface area contributed by atoms with Gasteiger partial charge in [-0.1, -0.05) is 37.3 Å². The molecule has 22 heavy (non-hydrogen) atoms. The number of nitrogens with zero attached hydrogens (tertiary/aromatic N) is 2. The summed E-state index contributed by atoms with van der Waals surface area (Å²) in [7, 11) is -1.90. The molecule has 2 atom stereocenters. The molecule has 0 radical (unpaired) electrons. The lowest BCUT2D eigenvalue weighted by Crippen LogP contribution is -2.47. The van der Waals surface area contributed by atoms with Gasteiger partial charge in [0.25, 0.3) is 10.2 Å². The zero-order chi connectivity index (χ0) is 16.2. The van der Waals surface area contributed by atoms with E-state index in [9.17, 15) is 13.5 Å². The topological polar surface area (TPSA) is 60.9 Å². The zero-order valence-corrected chi connectivity index (χ0v) is 14.2. The lowest BCUT2D eigenvalue weighted by Gasteiger charge is -2.36. The van der Waals surface area contributed by atoms with Gasteiger partial charge < -0.3 is 5.11 Å². The van der Waals surface area contributed by atoms with Gasteiger partial charge in [0, 0.05) is 26.7 Å². The van der Waals surface area contributed by atoms with Crippen LogP contribution in [0.3, 0.4) is 0 Å². The van der Waals surface area contributed by atoms with Crippen molar-refractivity contribution in [3.8, 4) is 0 Å². The van der Waals surface area contributed by atoms with E-state index in [4.69, 9.17) is 0 Å². The fraction of sp³-hybridized carbons (Fsp3) is 0.625. The highest BCUT2D eigenvalue weighted by Crippen LogP contribution is 2.28. The SMILES string of the molecule is CC1CCCN(S(=O)(=O)N(C)C(CCO)c2ccccc2)C1. The molecule has 1 heterocycles. The van der Waals surface area contributed by atoms with Crippen LogP contribution >= 0.6 is 0 Å². The van der Waals surface area contributed by atoms with E-state index < -0.39 is 10.2 Å². The van der Waals surface area contributed by atoms with Crippen molar-refractivity contribution in [2.75, 3.05) is 26.7 Å². The van der Waals surface area contributed by atoms with E-state index in [1.165, 1.54) is 4.31 Å². The fourth-order valence-corrected chi connectivity index (χ4v) is 4.77. The third kappa shape index (κ3) is 3.87. The molecule has 124 valence electrons. The van der Waals surface area contributed by atoms with Crippen molar-refractivity contribution in [2.45, 2.75) is 32.2 Å². The molecule has 0 aromatic heterocycles. The average molecular weight is 326 g/mol. The normalized spacial score (nSPS) is 21.9. The van der Waals surface area contributed by atoms with Gasteiger partial charge in [0.2, 0.25) is 0 Å². The van der Waals surface area contributed by atoms with E-state index in [1.807, 2.05) is 30.3 Å². The van der Waals surface area contributed by atoms with Gasteiger partial charge in [-0.25, -0.2) is 0 Å². The second-order valence-electron chi connectivity index (χ2n) is 6.07. The lowest BCUT2D eigenvalue weighted by molar-refractivity contribution is 0.220. The number of rotatable bonds is 6. The van der Waals surface area contributed by atoms with E-state index in [0.717, 1.165) is 18.4 Å². The first-order valence-corrected chi connectivity index (χ1v) is 9.25. The summed E-state index contributed by atoms with van der Waals surface area (Å²) in [5.41, 5.74) is 0.910. The van der Waals surface area contributed by atoms with E-state index in [1.54, 1.807) is 11.4 Å². The minimum atomic E-state index is -3.51. The Balaban J connectivity index is 2.23. The van der Waals surface area contributed by atoms with Crippen LogP contribution in [-0.4, -0.2) is 48.9 Å². The molecule has 0 aliphatic carbocycles. The molecule has 0 bridgehead atoms. The van der Waals surface area contributed by atoms with Crippen LogP contribution in [0.4, 0.5) is 0 Å². The Labute approximate surface area is 133 Å².